The molecule has 8 nitrogen and oxygen atoms in total. The number of benzene rings is 1. The van der Waals surface area contributed by atoms with Crippen molar-refractivity contribution in [2.75, 3.05) is 13.7 Å². The Bertz CT molecular complexity index is 664. The van der Waals surface area contributed by atoms with Gasteiger partial charge in [0, 0.05) is 6.07 Å². The second-order valence-electron chi connectivity index (χ2n) is 4.72. The Morgan fingerprint density at radius 1 is 1.52 bits per heavy atom. The number of ether oxygens (including phenoxy) is 1. The van der Waals surface area contributed by atoms with Crippen LogP contribution in [0.4, 0.5) is 5.69 Å². The van der Waals surface area contributed by atoms with Gasteiger partial charge in [0.2, 0.25) is 5.75 Å². The molecule has 1 N–H and O–H groups in total. The van der Waals surface area contributed by atoms with Gasteiger partial charge in [-0.3, -0.25) is 10.1 Å². The lowest BCUT2D eigenvalue weighted by Gasteiger charge is -2.05. The molecule has 0 aliphatic carbocycles. The molecule has 1 fully saturated rings. The molecule has 1 aliphatic heterocycles. The molecule has 1 unspecified atom stereocenters. The van der Waals surface area contributed by atoms with Gasteiger partial charge in [-0.25, -0.2) is 0 Å². The molecular formula is C13H14N4O4. The van der Waals surface area contributed by atoms with Gasteiger partial charge in [0.05, 0.1) is 23.6 Å². The molecule has 21 heavy (non-hydrogen) atoms. The van der Waals surface area contributed by atoms with Crippen molar-refractivity contribution in [1.82, 2.24) is 15.5 Å². The molecule has 0 spiro atoms. The van der Waals surface area contributed by atoms with E-state index in [1.54, 1.807) is 12.1 Å². The summed E-state index contributed by atoms with van der Waals surface area (Å²) < 4.78 is 10.4. The first-order chi connectivity index (χ1) is 10.2. The van der Waals surface area contributed by atoms with Crippen LogP contribution in [0.5, 0.6) is 5.75 Å². The monoisotopic (exact) mass is 290 g/mol. The van der Waals surface area contributed by atoms with Gasteiger partial charge < -0.3 is 14.6 Å². The van der Waals surface area contributed by atoms with Gasteiger partial charge in [0.1, 0.15) is 0 Å². The summed E-state index contributed by atoms with van der Waals surface area (Å²) in [6.07, 6.45) is 2.01. The highest BCUT2D eigenvalue weighted by molar-refractivity contribution is 5.69. The lowest BCUT2D eigenvalue weighted by Crippen LogP contribution is -2.14. The average Bonchev–Trinajstić information content (AvgIpc) is 3.16. The Balaban J connectivity index is 2.00. The molecule has 110 valence electrons. The summed E-state index contributed by atoms with van der Waals surface area (Å²) in [4.78, 5) is 14.9. The normalized spacial score (nSPS) is 17.9. The highest BCUT2D eigenvalue weighted by atomic mass is 16.6. The fourth-order valence-corrected chi connectivity index (χ4v) is 2.44. The zero-order chi connectivity index (χ0) is 14.8. The van der Waals surface area contributed by atoms with Crippen LogP contribution in [0.1, 0.15) is 24.7 Å². The molecule has 0 amide bonds. The molecule has 3 rings (SSSR count). The largest absolute Gasteiger partial charge is 0.490 e. The SMILES string of the molecule is COc1c(-c2nc(C3CCCN3)no2)cccc1[N+](=O)[O-]. The van der Waals surface area contributed by atoms with Crippen LogP contribution in [0.3, 0.4) is 0 Å². The van der Waals surface area contributed by atoms with Crippen molar-refractivity contribution in [3.63, 3.8) is 0 Å². The third-order valence-electron chi connectivity index (χ3n) is 3.44. The first-order valence-electron chi connectivity index (χ1n) is 6.59. The van der Waals surface area contributed by atoms with Crippen LogP contribution in [-0.2, 0) is 0 Å². The van der Waals surface area contributed by atoms with Gasteiger partial charge in [-0.2, -0.15) is 4.98 Å². The molecular weight excluding hydrogens is 276 g/mol. The number of hydrogen-bond donors (Lipinski definition) is 1. The quantitative estimate of drug-likeness (QED) is 0.679. The number of nitrogens with one attached hydrogen (secondary N) is 1. The van der Waals surface area contributed by atoms with E-state index < -0.39 is 4.92 Å². The molecule has 2 heterocycles. The number of aromatic nitrogens is 2. The Labute approximate surface area is 120 Å². The highest BCUT2D eigenvalue weighted by Gasteiger charge is 2.26. The Kier molecular flexibility index (Phi) is 3.53. The van der Waals surface area contributed by atoms with Crippen LogP contribution in [0, 0.1) is 10.1 Å². The molecule has 1 aromatic carbocycles. The molecule has 0 radical (unpaired) electrons. The van der Waals surface area contributed by atoms with Crippen LogP contribution in [0.15, 0.2) is 22.7 Å². The third-order valence-corrected chi connectivity index (χ3v) is 3.44. The zero-order valence-electron chi connectivity index (χ0n) is 11.4. The number of nitro benzene ring substituents is 1. The fourth-order valence-electron chi connectivity index (χ4n) is 2.44. The molecule has 1 aromatic heterocycles. The summed E-state index contributed by atoms with van der Waals surface area (Å²) >= 11 is 0. The number of para-hydroxylation sites is 1. The maximum Gasteiger partial charge on any atom is 0.311 e. The number of rotatable bonds is 4. The van der Waals surface area contributed by atoms with Crippen molar-refractivity contribution in [3.8, 4) is 17.2 Å². The van der Waals surface area contributed by atoms with Gasteiger partial charge in [-0.15, -0.1) is 0 Å². The van der Waals surface area contributed by atoms with E-state index in [1.165, 1.54) is 13.2 Å². The van der Waals surface area contributed by atoms with Crippen molar-refractivity contribution < 1.29 is 14.2 Å². The lowest BCUT2D eigenvalue weighted by molar-refractivity contribution is -0.385. The van der Waals surface area contributed by atoms with Crippen LogP contribution in [-0.4, -0.2) is 28.7 Å². The van der Waals surface area contributed by atoms with Crippen molar-refractivity contribution in [2.45, 2.75) is 18.9 Å². The number of nitrogens with zero attached hydrogens (tertiary/aromatic N) is 3. The first-order valence-corrected chi connectivity index (χ1v) is 6.59. The molecule has 1 aliphatic rings. The predicted octanol–water partition coefficient (Wildman–Crippen LogP) is 2.08. The van der Waals surface area contributed by atoms with Gasteiger partial charge in [-0.05, 0) is 25.5 Å². The van der Waals surface area contributed by atoms with Gasteiger partial charge >= 0.3 is 5.69 Å². The van der Waals surface area contributed by atoms with E-state index in [0.717, 1.165) is 19.4 Å². The van der Waals surface area contributed by atoms with Gasteiger partial charge in [0.25, 0.3) is 5.89 Å². The van der Waals surface area contributed by atoms with Crippen LogP contribution in [0.25, 0.3) is 11.5 Å². The van der Waals surface area contributed by atoms with E-state index in [4.69, 9.17) is 9.26 Å². The first kappa shape index (κ1) is 13.5. The second-order valence-corrected chi connectivity index (χ2v) is 4.72. The van der Waals surface area contributed by atoms with Gasteiger partial charge in [0.15, 0.2) is 5.82 Å². The summed E-state index contributed by atoms with van der Waals surface area (Å²) in [7, 11) is 1.38. The average molecular weight is 290 g/mol. The number of hydrogen-bond acceptors (Lipinski definition) is 7. The molecule has 1 saturated heterocycles. The Morgan fingerprint density at radius 3 is 3.05 bits per heavy atom. The zero-order valence-corrected chi connectivity index (χ0v) is 11.4. The molecule has 2 aromatic rings. The van der Waals surface area contributed by atoms with E-state index in [0.29, 0.717) is 11.4 Å². The summed E-state index contributed by atoms with van der Waals surface area (Å²) in [5.41, 5.74) is 0.289. The molecule has 0 bridgehead atoms. The minimum atomic E-state index is -0.502. The smallest absolute Gasteiger partial charge is 0.311 e. The maximum absolute atomic E-state index is 11.0. The summed E-state index contributed by atoms with van der Waals surface area (Å²) in [6.45, 7) is 0.925. The number of nitro groups is 1. The van der Waals surface area contributed by atoms with Crippen LogP contribution < -0.4 is 10.1 Å². The second kappa shape index (κ2) is 5.49. The van der Waals surface area contributed by atoms with Crippen molar-refractivity contribution in [1.29, 1.82) is 0 Å². The predicted molar refractivity (Wildman–Crippen MR) is 72.9 cm³/mol. The van der Waals surface area contributed by atoms with E-state index in [2.05, 4.69) is 15.5 Å². The van der Waals surface area contributed by atoms with Crippen LogP contribution in [0.2, 0.25) is 0 Å². The summed E-state index contributed by atoms with van der Waals surface area (Å²) in [5, 5.41) is 18.2. The molecule has 0 saturated carbocycles. The summed E-state index contributed by atoms with van der Waals surface area (Å²) in [5.74, 6) is 0.910. The van der Waals surface area contributed by atoms with E-state index in [1.807, 2.05) is 0 Å². The van der Waals surface area contributed by atoms with Crippen LogP contribution >= 0.6 is 0 Å². The van der Waals surface area contributed by atoms with Crippen molar-refractivity contribution >= 4 is 5.69 Å². The van der Waals surface area contributed by atoms with Crippen molar-refractivity contribution in [3.05, 3.63) is 34.1 Å². The minimum Gasteiger partial charge on any atom is -0.490 e. The fraction of sp³-hybridized carbons (Fsp3) is 0.385. The Hall–Kier alpha value is -2.48. The molecule has 1 atom stereocenters. The van der Waals surface area contributed by atoms with E-state index >= 15 is 0 Å². The minimum absolute atomic E-state index is 0.0761. The summed E-state index contributed by atoms with van der Waals surface area (Å²) in [6, 6.07) is 4.67. The lowest BCUT2D eigenvalue weighted by atomic mass is 10.1. The molecule has 8 heteroatoms. The third kappa shape index (κ3) is 2.45. The number of methoxy groups -OCH3 is 1. The standard InChI is InChI=1S/C13H14N4O4/c1-20-11-8(4-2-6-10(11)17(18)19)13-15-12(16-21-13)9-5-3-7-14-9/h2,4,6,9,14H,3,5,7H2,1H3. The van der Waals surface area contributed by atoms with E-state index in [-0.39, 0.29) is 23.4 Å². The van der Waals surface area contributed by atoms with Crippen molar-refractivity contribution in [2.24, 2.45) is 0 Å². The van der Waals surface area contributed by atoms with Gasteiger partial charge in [-0.1, -0.05) is 11.2 Å². The Morgan fingerprint density at radius 2 is 2.38 bits per heavy atom. The highest BCUT2D eigenvalue weighted by Crippen LogP contribution is 2.37. The topological polar surface area (TPSA) is 103 Å². The maximum atomic E-state index is 11.0. The van der Waals surface area contributed by atoms with E-state index in [9.17, 15) is 10.1 Å².